The minimum Gasteiger partial charge on any atom is -0.316 e. The Kier molecular flexibility index (Phi) is 6.97. The topological polar surface area (TPSA) is 18.5 Å². The molecule has 0 atom stereocenters. The summed E-state index contributed by atoms with van der Waals surface area (Å²) < 4.78 is 0. The fourth-order valence-electron chi connectivity index (χ4n) is 4.03. The number of nitrogens with zero attached hydrogens (tertiary/aromatic N) is 2. The Morgan fingerprint density at radius 3 is 2.57 bits per heavy atom. The van der Waals surface area contributed by atoms with Gasteiger partial charge in [0.1, 0.15) is 0 Å². The summed E-state index contributed by atoms with van der Waals surface area (Å²) in [7, 11) is 2.27. The third-order valence-corrected chi connectivity index (χ3v) is 5.63. The molecule has 0 aromatic heterocycles. The van der Waals surface area contributed by atoms with Gasteiger partial charge < -0.3 is 15.1 Å². The van der Waals surface area contributed by atoms with Crippen LogP contribution < -0.4 is 5.32 Å². The second kappa shape index (κ2) is 8.50. The average molecular weight is 296 g/mol. The minimum atomic E-state index is 0.546. The van der Waals surface area contributed by atoms with Crippen LogP contribution in [0.5, 0.6) is 0 Å². The molecule has 2 fully saturated rings. The van der Waals surface area contributed by atoms with Crippen molar-refractivity contribution in [3.63, 3.8) is 0 Å². The highest BCUT2D eigenvalue weighted by molar-refractivity contribution is 4.90. The van der Waals surface area contributed by atoms with Crippen LogP contribution in [0.3, 0.4) is 0 Å². The predicted octanol–water partition coefficient (Wildman–Crippen LogP) is 2.82. The molecule has 2 aliphatic rings. The second-order valence-corrected chi connectivity index (χ2v) is 7.79. The van der Waals surface area contributed by atoms with Gasteiger partial charge in [-0.1, -0.05) is 26.7 Å². The summed E-state index contributed by atoms with van der Waals surface area (Å²) in [6.07, 6.45) is 8.31. The fraction of sp³-hybridized carbons (Fsp3) is 1.00. The first-order valence-electron chi connectivity index (χ1n) is 9.25. The first kappa shape index (κ1) is 17.2. The molecule has 3 heteroatoms. The minimum absolute atomic E-state index is 0.546. The Morgan fingerprint density at radius 1 is 1.10 bits per heavy atom. The van der Waals surface area contributed by atoms with Crippen LogP contribution in [0.1, 0.15) is 52.4 Å². The Bertz CT molecular complexity index is 284. The quantitative estimate of drug-likeness (QED) is 0.760. The third kappa shape index (κ3) is 5.54. The van der Waals surface area contributed by atoms with E-state index < -0.39 is 0 Å². The molecule has 0 bridgehead atoms. The van der Waals surface area contributed by atoms with E-state index in [0.29, 0.717) is 5.41 Å². The standard InChI is InChI=1S/C18H37N3/c1-4-10-19-15-18(8-6-17(2)7-9-18)16-21-12-5-11-20(3)13-14-21/h17,19H,4-16H2,1-3H3. The van der Waals surface area contributed by atoms with Crippen LogP contribution in [0.25, 0.3) is 0 Å². The molecule has 1 heterocycles. The zero-order valence-electron chi connectivity index (χ0n) is 14.7. The van der Waals surface area contributed by atoms with Crippen molar-refractivity contribution in [3.05, 3.63) is 0 Å². The highest BCUT2D eigenvalue weighted by Crippen LogP contribution is 2.39. The lowest BCUT2D eigenvalue weighted by Crippen LogP contribution is -2.47. The van der Waals surface area contributed by atoms with E-state index in [1.54, 1.807) is 0 Å². The maximum absolute atomic E-state index is 3.74. The Labute approximate surface area is 132 Å². The average Bonchev–Trinajstić information content (AvgIpc) is 2.67. The zero-order valence-corrected chi connectivity index (χ0v) is 14.7. The largest absolute Gasteiger partial charge is 0.316 e. The van der Waals surface area contributed by atoms with Crippen LogP contribution in [0.2, 0.25) is 0 Å². The van der Waals surface area contributed by atoms with E-state index in [9.17, 15) is 0 Å². The summed E-state index contributed by atoms with van der Waals surface area (Å²) in [5.74, 6) is 0.944. The van der Waals surface area contributed by atoms with E-state index in [2.05, 4.69) is 36.0 Å². The van der Waals surface area contributed by atoms with Gasteiger partial charge >= 0.3 is 0 Å². The van der Waals surface area contributed by atoms with Gasteiger partial charge in [-0.15, -0.1) is 0 Å². The molecule has 3 nitrogen and oxygen atoms in total. The van der Waals surface area contributed by atoms with Gasteiger partial charge in [-0.25, -0.2) is 0 Å². The number of hydrogen-bond acceptors (Lipinski definition) is 3. The van der Waals surface area contributed by atoms with Gasteiger partial charge in [-0.3, -0.25) is 0 Å². The molecule has 1 saturated carbocycles. The highest BCUT2D eigenvalue weighted by Gasteiger charge is 2.35. The molecule has 1 N–H and O–H groups in total. The van der Waals surface area contributed by atoms with Crippen LogP contribution >= 0.6 is 0 Å². The molecule has 0 aromatic carbocycles. The summed E-state index contributed by atoms with van der Waals surface area (Å²) in [5, 5.41) is 3.74. The van der Waals surface area contributed by atoms with Crippen LogP contribution in [0.15, 0.2) is 0 Å². The molecular weight excluding hydrogens is 258 g/mol. The molecule has 124 valence electrons. The van der Waals surface area contributed by atoms with Gasteiger partial charge in [-0.05, 0) is 63.7 Å². The van der Waals surface area contributed by atoms with Crippen molar-refractivity contribution < 1.29 is 0 Å². The first-order chi connectivity index (χ1) is 10.1. The molecule has 1 aliphatic heterocycles. The summed E-state index contributed by atoms with van der Waals surface area (Å²) in [5.41, 5.74) is 0.546. The second-order valence-electron chi connectivity index (χ2n) is 7.79. The van der Waals surface area contributed by atoms with Crippen molar-refractivity contribution in [2.45, 2.75) is 52.4 Å². The Balaban J connectivity index is 1.91. The molecule has 0 unspecified atom stereocenters. The van der Waals surface area contributed by atoms with Gasteiger partial charge in [0.25, 0.3) is 0 Å². The van der Waals surface area contributed by atoms with Gasteiger partial charge in [0.2, 0.25) is 0 Å². The van der Waals surface area contributed by atoms with E-state index in [4.69, 9.17) is 0 Å². The van der Waals surface area contributed by atoms with E-state index >= 15 is 0 Å². The van der Waals surface area contributed by atoms with E-state index in [0.717, 1.165) is 5.92 Å². The van der Waals surface area contributed by atoms with Crippen LogP contribution in [-0.4, -0.2) is 62.7 Å². The monoisotopic (exact) mass is 295 g/mol. The zero-order chi connectivity index (χ0) is 15.1. The molecule has 1 saturated heterocycles. The summed E-state index contributed by atoms with van der Waals surface area (Å²) in [4.78, 5) is 5.25. The first-order valence-corrected chi connectivity index (χ1v) is 9.25. The van der Waals surface area contributed by atoms with Crippen molar-refractivity contribution in [3.8, 4) is 0 Å². The van der Waals surface area contributed by atoms with Gasteiger partial charge in [0, 0.05) is 26.2 Å². The Morgan fingerprint density at radius 2 is 1.86 bits per heavy atom. The van der Waals surface area contributed by atoms with Gasteiger partial charge in [0.05, 0.1) is 0 Å². The lowest BCUT2D eigenvalue weighted by molar-refractivity contribution is 0.0884. The van der Waals surface area contributed by atoms with Crippen molar-refractivity contribution >= 4 is 0 Å². The SMILES string of the molecule is CCCNCC1(CN2CCCN(C)CC2)CCC(C)CC1. The molecule has 0 spiro atoms. The number of hydrogen-bond donors (Lipinski definition) is 1. The molecule has 21 heavy (non-hydrogen) atoms. The third-order valence-electron chi connectivity index (χ3n) is 5.63. The highest BCUT2D eigenvalue weighted by atomic mass is 15.2. The van der Waals surface area contributed by atoms with Gasteiger partial charge in [-0.2, -0.15) is 0 Å². The molecule has 2 rings (SSSR count). The van der Waals surface area contributed by atoms with Crippen LogP contribution in [0.4, 0.5) is 0 Å². The Hall–Kier alpha value is -0.120. The molecule has 1 aliphatic carbocycles. The number of rotatable bonds is 6. The van der Waals surface area contributed by atoms with Gasteiger partial charge in [0.15, 0.2) is 0 Å². The lowest BCUT2D eigenvalue weighted by atomic mass is 9.70. The summed E-state index contributed by atoms with van der Waals surface area (Å²) >= 11 is 0. The maximum atomic E-state index is 3.74. The lowest BCUT2D eigenvalue weighted by Gasteiger charge is -2.43. The molecular formula is C18H37N3. The van der Waals surface area contributed by atoms with E-state index in [1.807, 2.05) is 0 Å². The molecule has 0 aromatic rings. The van der Waals surface area contributed by atoms with E-state index in [-0.39, 0.29) is 0 Å². The molecule has 0 radical (unpaired) electrons. The smallest absolute Gasteiger partial charge is 0.0109 e. The van der Waals surface area contributed by atoms with Crippen LogP contribution in [0, 0.1) is 11.3 Å². The van der Waals surface area contributed by atoms with Crippen molar-refractivity contribution in [2.75, 3.05) is 52.9 Å². The van der Waals surface area contributed by atoms with Crippen molar-refractivity contribution in [1.29, 1.82) is 0 Å². The van der Waals surface area contributed by atoms with Crippen molar-refractivity contribution in [1.82, 2.24) is 15.1 Å². The number of nitrogens with one attached hydrogen (secondary N) is 1. The normalized spacial score (nSPS) is 33.0. The van der Waals surface area contributed by atoms with Crippen molar-refractivity contribution in [2.24, 2.45) is 11.3 Å². The predicted molar refractivity (Wildman–Crippen MR) is 91.8 cm³/mol. The summed E-state index contributed by atoms with van der Waals surface area (Å²) in [6.45, 7) is 13.5. The van der Waals surface area contributed by atoms with Crippen LogP contribution in [-0.2, 0) is 0 Å². The summed E-state index contributed by atoms with van der Waals surface area (Å²) in [6, 6.07) is 0. The molecule has 0 amide bonds. The number of likely N-dealkylation sites (N-methyl/N-ethyl adjacent to an activating group) is 1. The van der Waals surface area contributed by atoms with E-state index in [1.165, 1.54) is 84.3 Å². The fourth-order valence-corrected chi connectivity index (χ4v) is 4.03. The maximum Gasteiger partial charge on any atom is 0.0109 e.